The van der Waals surface area contributed by atoms with Gasteiger partial charge in [-0.25, -0.2) is 0 Å². The van der Waals surface area contributed by atoms with Crippen molar-refractivity contribution in [1.29, 1.82) is 0 Å². The van der Waals surface area contributed by atoms with Crippen LogP contribution in [0.25, 0.3) is 0 Å². The molecular weight excluding hydrogens is 172 g/mol. The number of nitrogen functional groups attached to an aromatic ring is 2. The van der Waals surface area contributed by atoms with Gasteiger partial charge in [0.25, 0.3) is 0 Å². The molecule has 0 radical (unpaired) electrons. The molecule has 1 aromatic rings. The quantitative estimate of drug-likeness (QED) is 0.370. The lowest BCUT2D eigenvalue weighted by Gasteiger charge is -2.08. The van der Waals surface area contributed by atoms with E-state index >= 15 is 0 Å². The van der Waals surface area contributed by atoms with Gasteiger partial charge in [-0.3, -0.25) is 10.3 Å². The van der Waals surface area contributed by atoms with Crippen molar-refractivity contribution in [2.24, 2.45) is 5.18 Å². The minimum Gasteiger partial charge on any atom is -0.397 e. The van der Waals surface area contributed by atoms with Crippen LogP contribution < -0.4 is 16.9 Å². The van der Waals surface area contributed by atoms with Crippen molar-refractivity contribution in [1.82, 2.24) is 0 Å². The lowest BCUT2D eigenvalue weighted by atomic mass is 10.2. The van der Waals surface area contributed by atoms with E-state index in [4.69, 9.17) is 11.5 Å². The first-order chi connectivity index (χ1) is 6.20. The molecule has 1 aromatic carbocycles. The summed E-state index contributed by atoms with van der Waals surface area (Å²) in [5.41, 5.74) is 14.4. The monoisotopic (exact) mass is 182 g/mol. The lowest BCUT2D eigenvalue weighted by molar-refractivity contribution is 0.271. The second-order valence-electron chi connectivity index (χ2n) is 2.36. The smallest absolute Gasteiger partial charge is 0.158 e. The van der Waals surface area contributed by atoms with E-state index in [-0.39, 0.29) is 11.4 Å². The number of benzene rings is 1. The molecule has 0 aromatic heterocycles. The van der Waals surface area contributed by atoms with Crippen LogP contribution in [0, 0.1) is 4.91 Å². The Morgan fingerprint density at radius 2 is 2.15 bits per heavy atom. The van der Waals surface area contributed by atoms with Gasteiger partial charge in [-0.05, 0) is 17.3 Å². The minimum absolute atomic E-state index is 0.0573. The topological polar surface area (TPSA) is 103 Å². The molecule has 0 aliphatic rings. The van der Waals surface area contributed by atoms with Crippen molar-refractivity contribution in [3.05, 3.63) is 17.0 Å². The first-order valence-corrected chi connectivity index (χ1v) is 3.51. The second kappa shape index (κ2) is 3.72. The fourth-order valence-electron chi connectivity index (χ4n) is 0.914. The van der Waals surface area contributed by atoms with Gasteiger partial charge in [-0.2, -0.15) is 0 Å². The molecule has 5 N–H and O–H groups in total. The summed E-state index contributed by atoms with van der Waals surface area (Å²) < 4.78 is 0. The SMILES string of the molecule is CONc1ccc(N)c(N)c1N=O. The molecule has 0 saturated carbocycles. The normalized spacial score (nSPS) is 9.62. The Kier molecular flexibility index (Phi) is 2.65. The van der Waals surface area contributed by atoms with Gasteiger partial charge >= 0.3 is 0 Å². The molecular formula is C7H10N4O2. The minimum atomic E-state index is 0.0573. The molecule has 0 heterocycles. The highest BCUT2D eigenvalue weighted by Gasteiger charge is 2.09. The third-order valence-electron chi connectivity index (χ3n) is 1.55. The highest BCUT2D eigenvalue weighted by Crippen LogP contribution is 2.35. The number of hydrogen-bond donors (Lipinski definition) is 3. The zero-order valence-corrected chi connectivity index (χ0v) is 7.07. The summed E-state index contributed by atoms with van der Waals surface area (Å²) in [6, 6.07) is 3.12. The molecule has 0 aliphatic carbocycles. The van der Waals surface area contributed by atoms with Gasteiger partial charge in [0.05, 0.1) is 24.2 Å². The maximum absolute atomic E-state index is 10.4. The van der Waals surface area contributed by atoms with Crippen LogP contribution >= 0.6 is 0 Å². The number of rotatable bonds is 3. The van der Waals surface area contributed by atoms with E-state index in [1.807, 2.05) is 0 Å². The molecule has 1 rings (SSSR count). The maximum Gasteiger partial charge on any atom is 0.158 e. The highest BCUT2D eigenvalue weighted by atomic mass is 16.6. The van der Waals surface area contributed by atoms with Crippen molar-refractivity contribution < 1.29 is 4.84 Å². The Bertz CT molecular complexity index is 327. The average molecular weight is 182 g/mol. The molecule has 0 unspecified atom stereocenters. The number of anilines is 3. The van der Waals surface area contributed by atoms with Crippen LogP contribution in [0.15, 0.2) is 17.3 Å². The molecule has 0 bridgehead atoms. The van der Waals surface area contributed by atoms with Crippen LogP contribution in [-0.4, -0.2) is 7.11 Å². The van der Waals surface area contributed by atoms with E-state index < -0.39 is 0 Å². The maximum atomic E-state index is 10.4. The van der Waals surface area contributed by atoms with E-state index in [1.165, 1.54) is 7.11 Å². The first-order valence-electron chi connectivity index (χ1n) is 3.51. The van der Waals surface area contributed by atoms with Gasteiger partial charge < -0.3 is 11.5 Å². The average Bonchev–Trinajstić information content (AvgIpc) is 2.12. The molecule has 0 spiro atoms. The van der Waals surface area contributed by atoms with Crippen molar-refractivity contribution in [3.8, 4) is 0 Å². The number of nitrogens with zero attached hydrogens (tertiary/aromatic N) is 1. The number of nitrogens with two attached hydrogens (primary N) is 2. The Hall–Kier alpha value is -1.82. The van der Waals surface area contributed by atoms with E-state index in [9.17, 15) is 4.91 Å². The lowest BCUT2D eigenvalue weighted by Crippen LogP contribution is -2.00. The molecule has 6 heteroatoms. The summed E-state index contributed by atoms with van der Waals surface area (Å²) >= 11 is 0. The van der Waals surface area contributed by atoms with Crippen LogP contribution in [0.3, 0.4) is 0 Å². The fraction of sp³-hybridized carbons (Fsp3) is 0.143. The summed E-state index contributed by atoms with van der Waals surface area (Å²) in [7, 11) is 1.42. The predicted octanol–water partition coefficient (Wildman–Crippen LogP) is 1.22. The molecule has 0 amide bonds. The van der Waals surface area contributed by atoms with Crippen molar-refractivity contribution in [2.75, 3.05) is 24.1 Å². The van der Waals surface area contributed by atoms with Crippen molar-refractivity contribution >= 4 is 22.7 Å². The van der Waals surface area contributed by atoms with Gasteiger partial charge in [0, 0.05) is 0 Å². The molecule has 70 valence electrons. The summed E-state index contributed by atoms with van der Waals surface area (Å²) in [6.07, 6.45) is 0. The van der Waals surface area contributed by atoms with Crippen LogP contribution in [0.1, 0.15) is 0 Å². The van der Waals surface area contributed by atoms with E-state index in [0.29, 0.717) is 11.4 Å². The van der Waals surface area contributed by atoms with Gasteiger partial charge in [-0.15, -0.1) is 4.91 Å². The summed E-state index contributed by atoms with van der Waals surface area (Å²) in [4.78, 5) is 15.0. The largest absolute Gasteiger partial charge is 0.397 e. The second-order valence-corrected chi connectivity index (χ2v) is 2.36. The Morgan fingerprint density at radius 3 is 2.69 bits per heavy atom. The summed E-state index contributed by atoms with van der Waals surface area (Å²) in [5.74, 6) is 0. The fourth-order valence-corrected chi connectivity index (χ4v) is 0.914. The summed E-state index contributed by atoms with van der Waals surface area (Å²) in [5, 5.41) is 2.75. The number of hydrogen-bond acceptors (Lipinski definition) is 6. The third-order valence-corrected chi connectivity index (χ3v) is 1.55. The standard InChI is InChI=1S/C7H10N4O2/c1-13-11-5-3-2-4(8)6(9)7(5)10-12/h2-3,11H,8-9H2,1H3. The van der Waals surface area contributed by atoms with Gasteiger partial charge in [0.15, 0.2) is 5.69 Å². The molecule has 0 fully saturated rings. The Balaban J connectivity index is 3.21. The molecule has 0 aliphatic heterocycles. The third kappa shape index (κ3) is 1.67. The van der Waals surface area contributed by atoms with Crippen LogP contribution in [0.5, 0.6) is 0 Å². The van der Waals surface area contributed by atoms with Gasteiger partial charge in [0.2, 0.25) is 0 Å². The van der Waals surface area contributed by atoms with Gasteiger partial charge in [0.1, 0.15) is 0 Å². The van der Waals surface area contributed by atoms with E-state index in [1.54, 1.807) is 12.1 Å². The van der Waals surface area contributed by atoms with Crippen molar-refractivity contribution in [3.63, 3.8) is 0 Å². The van der Waals surface area contributed by atoms with Crippen LogP contribution in [0.2, 0.25) is 0 Å². The van der Waals surface area contributed by atoms with Crippen LogP contribution in [0.4, 0.5) is 22.7 Å². The summed E-state index contributed by atoms with van der Waals surface area (Å²) in [6.45, 7) is 0. The van der Waals surface area contributed by atoms with E-state index in [0.717, 1.165) is 0 Å². The van der Waals surface area contributed by atoms with Crippen LogP contribution in [-0.2, 0) is 4.84 Å². The molecule has 13 heavy (non-hydrogen) atoms. The van der Waals surface area contributed by atoms with Crippen molar-refractivity contribution in [2.45, 2.75) is 0 Å². The molecule has 0 atom stereocenters. The Morgan fingerprint density at radius 1 is 1.46 bits per heavy atom. The highest BCUT2D eigenvalue weighted by molar-refractivity contribution is 5.86. The zero-order chi connectivity index (χ0) is 9.84. The Labute approximate surface area is 74.8 Å². The molecule has 6 nitrogen and oxygen atoms in total. The zero-order valence-electron chi connectivity index (χ0n) is 7.07. The molecule has 0 saturated heterocycles. The predicted molar refractivity (Wildman–Crippen MR) is 51.4 cm³/mol. The van der Waals surface area contributed by atoms with E-state index in [2.05, 4.69) is 15.5 Å². The van der Waals surface area contributed by atoms with Gasteiger partial charge in [-0.1, -0.05) is 0 Å². The number of nitrogens with one attached hydrogen (secondary N) is 1. The first kappa shape index (κ1) is 9.27. The number of nitroso groups, excluding NO2 is 1.